The number of nitrogens with zero attached hydrogens (tertiary/aromatic N) is 1. The number of aliphatic hydroxyl groups is 2. The van der Waals surface area contributed by atoms with Crippen LogP contribution in [0.1, 0.15) is 0 Å². The molecule has 0 bridgehead atoms. The van der Waals surface area contributed by atoms with E-state index in [0.29, 0.717) is 0 Å². The number of carbonyl (C=O) groups is 1. The molecule has 0 aromatic rings. The van der Waals surface area contributed by atoms with Crippen LogP contribution < -0.4 is 5.32 Å². The quantitative estimate of drug-likeness (QED) is 0.296. The molecule has 2 amide bonds. The highest BCUT2D eigenvalue weighted by Gasteiger charge is 2.01. The van der Waals surface area contributed by atoms with Crippen LogP contribution in [0.15, 0.2) is 5.18 Å². The van der Waals surface area contributed by atoms with Crippen LogP contribution in [0.4, 0.5) is 4.79 Å². The van der Waals surface area contributed by atoms with Gasteiger partial charge in [0.2, 0.25) is 6.41 Å². The highest BCUT2D eigenvalue weighted by Crippen LogP contribution is 1.71. The van der Waals surface area contributed by atoms with E-state index in [4.69, 9.17) is 15.1 Å². The summed E-state index contributed by atoms with van der Waals surface area (Å²) in [4.78, 5) is 18.9. The first kappa shape index (κ1) is 6.99. The van der Waals surface area contributed by atoms with E-state index < -0.39 is 12.4 Å². The molecule has 3 N–H and O–H groups in total. The standard InChI is InChI=1S/C2H4N2O4/c5-1(4-8)3-2(6)7/h2,6-7H,(H,3,5). The third kappa shape index (κ3) is 3.19. The van der Waals surface area contributed by atoms with Crippen LogP contribution in [-0.4, -0.2) is 22.7 Å². The van der Waals surface area contributed by atoms with E-state index >= 15 is 0 Å². The molecule has 0 radical (unpaired) electrons. The van der Waals surface area contributed by atoms with Gasteiger partial charge in [0.05, 0.1) is 0 Å². The van der Waals surface area contributed by atoms with Crippen LogP contribution in [0.5, 0.6) is 0 Å². The minimum Gasteiger partial charge on any atom is -0.351 e. The first-order valence-corrected chi connectivity index (χ1v) is 1.67. The molecule has 8 heavy (non-hydrogen) atoms. The van der Waals surface area contributed by atoms with Crippen molar-refractivity contribution in [1.82, 2.24) is 5.32 Å². The average Bonchev–Trinajstić information content (AvgIpc) is 1.65. The highest BCUT2D eigenvalue weighted by molar-refractivity contribution is 5.74. The van der Waals surface area contributed by atoms with Crippen molar-refractivity contribution in [3.63, 3.8) is 0 Å². The van der Waals surface area contributed by atoms with E-state index in [1.165, 1.54) is 5.32 Å². The number of nitroso groups, excluding NO2 is 1. The molecule has 0 atom stereocenters. The van der Waals surface area contributed by atoms with Crippen LogP contribution in [0.25, 0.3) is 0 Å². The lowest BCUT2D eigenvalue weighted by molar-refractivity contribution is -0.0547. The van der Waals surface area contributed by atoms with Crippen LogP contribution in [-0.2, 0) is 0 Å². The summed E-state index contributed by atoms with van der Waals surface area (Å²) in [5.74, 6) is 0. The number of hydrogen-bond acceptors (Lipinski definition) is 4. The zero-order chi connectivity index (χ0) is 6.57. The Balaban J connectivity index is 3.39. The number of carbonyl (C=O) groups excluding carboxylic acids is 1. The van der Waals surface area contributed by atoms with E-state index in [2.05, 4.69) is 0 Å². The molecule has 0 aliphatic carbocycles. The number of urea groups is 1. The molecule has 6 heteroatoms. The Morgan fingerprint density at radius 1 is 1.62 bits per heavy atom. The zero-order valence-electron chi connectivity index (χ0n) is 3.74. The summed E-state index contributed by atoms with van der Waals surface area (Å²) in [5.41, 5.74) is 0. The molecule has 0 unspecified atom stereocenters. The van der Waals surface area contributed by atoms with Crippen LogP contribution in [0, 0.1) is 4.91 Å². The van der Waals surface area contributed by atoms with Crippen molar-refractivity contribution in [2.75, 3.05) is 0 Å². The predicted molar refractivity (Wildman–Crippen MR) is 22.6 cm³/mol. The fourth-order valence-electron chi connectivity index (χ4n) is 0.137. The van der Waals surface area contributed by atoms with Gasteiger partial charge < -0.3 is 10.2 Å². The minimum absolute atomic E-state index is 1.31. The predicted octanol–water partition coefficient (Wildman–Crippen LogP) is -1.27. The number of amides is 2. The molecule has 0 aromatic carbocycles. The lowest BCUT2D eigenvalue weighted by Gasteiger charge is -1.97. The molecule has 0 heterocycles. The number of rotatable bonds is 1. The molecule has 0 saturated heterocycles. The number of hydrogen-bond donors (Lipinski definition) is 3. The molecule has 6 nitrogen and oxygen atoms in total. The van der Waals surface area contributed by atoms with Crippen molar-refractivity contribution in [1.29, 1.82) is 0 Å². The van der Waals surface area contributed by atoms with Crippen molar-refractivity contribution in [3.05, 3.63) is 4.91 Å². The monoisotopic (exact) mass is 120 g/mol. The number of aliphatic hydroxyl groups excluding tert-OH is 1. The largest absolute Gasteiger partial charge is 0.382 e. The summed E-state index contributed by atoms with van der Waals surface area (Å²) in [5, 5.41) is 19.0. The van der Waals surface area contributed by atoms with Crippen LogP contribution in [0.2, 0.25) is 0 Å². The van der Waals surface area contributed by atoms with Gasteiger partial charge in [0, 0.05) is 5.18 Å². The van der Waals surface area contributed by atoms with Gasteiger partial charge in [0.1, 0.15) is 0 Å². The summed E-state index contributed by atoms with van der Waals surface area (Å²) in [6.45, 7) is 0. The van der Waals surface area contributed by atoms with Gasteiger partial charge in [-0.2, -0.15) is 0 Å². The normalized spacial score (nSPS) is 8.88. The van der Waals surface area contributed by atoms with Crippen molar-refractivity contribution in [2.45, 2.75) is 6.41 Å². The molecule has 0 aromatic heterocycles. The van der Waals surface area contributed by atoms with Gasteiger partial charge in [-0.25, -0.2) is 4.79 Å². The van der Waals surface area contributed by atoms with Gasteiger partial charge >= 0.3 is 6.03 Å². The van der Waals surface area contributed by atoms with Gasteiger partial charge in [-0.3, -0.25) is 5.32 Å². The van der Waals surface area contributed by atoms with Gasteiger partial charge in [-0.05, 0) is 0 Å². The Morgan fingerprint density at radius 2 is 2.12 bits per heavy atom. The Morgan fingerprint density at radius 3 is 2.25 bits per heavy atom. The highest BCUT2D eigenvalue weighted by atomic mass is 16.5. The maximum atomic E-state index is 9.71. The summed E-state index contributed by atoms with van der Waals surface area (Å²) >= 11 is 0. The van der Waals surface area contributed by atoms with Gasteiger partial charge in [-0.1, -0.05) is 0 Å². The van der Waals surface area contributed by atoms with Crippen molar-refractivity contribution < 1.29 is 15.0 Å². The van der Waals surface area contributed by atoms with E-state index in [-0.39, 0.29) is 0 Å². The van der Waals surface area contributed by atoms with E-state index in [9.17, 15) is 4.79 Å². The average molecular weight is 120 g/mol. The first-order chi connectivity index (χ1) is 3.66. The molecule has 46 valence electrons. The van der Waals surface area contributed by atoms with Crippen molar-refractivity contribution in [2.24, 2.45) is 5.18 Å². The smallest absolute Gasteiger partial charge is 0.351 e. The van der Waals surface area contributed by atoms with Gasteiger partial charge in [0.15, 0.2) is 0 Å². The Labute approximate surface area is 44.1 Å². The molecule has 0 saturated carbocycles. The fraction of sp³-hybridized carbons (Fsp3) is 0.500. The lowest BCUT2D eigenvalue weighted by Crippen LogP contribution is -2.31. The third-order valence-corrected chi connectivity index (χ3v) is 0.335. The molecule has 0 aliphatic heterocycles. The lowest BCUT2D eigenvalue weighted by atomic mass is 10.9. The second-order valence-corrected chi connectivity index (χ2v) is 0.914. The van der Waals surface area contributed by atoms with Crippen molar-refractivity contribution >= 4 is 6.03 Å². The molecular formula is C2H4N2O4. The Hall–Kier alpha value is -1.01. The second kappa shape index (κ2) is 3.05. The van der Waals surface area contributed by atoms with E-state index in [1.54, 1.807) is 0 Å². The van der Waals surface area contributed by atoms with Gasteiger partial charge in [-0.15, -0.1) is 4.91 Å². The van der Waals surface area contributed by atoms with Crippen molar-refractivity contribution in [3.8, 4) is 0 Å². The topological polar surface area (TPSA) is 99.0 Å². The second-order valence-electron chi connectivity index (χ2n) is 0.914. The summed E-state index contributed by atoms with van der Waals surface area (Å²) in [7, 11) is 0. The summed E-state index contributed by atoms with van der Waals surface area (Å²) in [6, 6.07) is -1.31. The minimum atomic E-state index is -2.01. The fourth-order valence-corrected chi connectivity index (χ4v) is 0.137. The number of nitrogens with one attached hydrogen (secondary N) is 1. The molecule has 0 rings (SSSR count). The molecule has 0 aliphatic rings. The zero-order valence-corrected chi connectivity index (χ0v) is 3.74. The molecular weight excluding hydrogens is 116 g/mol. The van der Waals surface area contributed by atoms with Crippen LogP contribution in [0.3, 0.4) is 0 Å². The Bertz CT molecular complexity index is 100. The van der Waals surface area contributed by atoms with Gasteiger partial charge in [0.25, 0.3) is 0 Å². The maximum absolute atomic E-state index is 9.71. The molecule has 0 fully saturated rings. The first-order valence-electron chi connectivity index (χ1n) is 1.67. The maximum Gasteiger partial charge on any atom is 0.382 e. The molecule has 0 spiro atoms. The summed E-state index contributed by atoms with van der Waals surface area (Å²) < 4.78 is 0. The van der Waals surface area contributed by atoms with E-state index in [1.807, 2.05) is 5.18 Å². The van der Waals surface area contributed by atoms with E-state index in [0.717, 1.165) is 0 Å². The van der Waals surface area contributed by atoms with Crippen LogP contribution >= 0.6 is 0 Å². The summed E-state index contributed by atoms with van der Waals surface area (Å²) in [6.07, 6.45) is -2.01. The third-order valence-electron chi connectivity index (χ3n) is 0.335. The SMILES string of the molecule is O=NC(=O)NC(O)O. The Kier molecular flexibility index (Phi) is 2.67.